The van der Waals surface area contributed by atoms with Gasteiger partial charge in [0.1, 0.15) is 5.78 Å². The van der Waals surface area contributed by atoms with Gasteiger partial charge in [-0.3, -0.25) is 4.79 Å². The third kappa shape index (κ3) is 2.60. The number of carbonyl (C=O) groups is 1. The van der Waals surface area contributed by atoms with Crippen LogP contribution in [0.5, 0.6) is 0 Å². The number of fused-ring (bicyclic) bond motifs is 1. The molecule has 3 unspecified atom stereocenters. The van der Waals surface area contributed by atoms with Crippen LogP contribution in [0.4, 0.5) is 0 Å². The molecule has 1 aromatic heterocycles. The molecule has 0 saturated carbocycles. The number of carbonyl (C=O) groups excluding carboxylic acids is 1. The van der Waals surface area contributed by atoms with Crippen LogP contribution >= 0.6 is 23.1 Å². The first-order valence-corrected chi connectivity index (χ1v) is 10.1. The van der Waals surface area contributed by atoms with E-state index in [0.29, 0.717) is 5.78 Å². The lowest BCUT2D eigenvalue weighted by Crippen LogP contribution is -2.43. The van der Waals surface area contributed by atoms with Crippen LogP contribution in [0.3, 0.4) is 0 Å². The van der Waals surface area contributed by atoms with E-state index in [9.17, 15) is 4.79 Å². The molecule has 1 aliphatic carbocycles. The van der Waals surface area contributed by atoms with Crippen LogP contribution < -0.4 is 0 Å². The third-order valence-corrected chi connectivity index (χ3v) is 7.58. The minimum Gasteiger partial charge on any atom is -0.374 e. The monoisotopic (exact) mass is 322 g/mol. The lowest BCUT2D eigenvalue weighted by atomic mass is 9.75. The lowest BCUT2D eigenvalue weighted by molar-refractivity contribution is -0.135. The first-order chi connectivity index (χ1) is 10.3. The van der Waals surface area contributed by atoms with E-state index < -0.39 is 0 Å². The second kappa shape index (κ2) is 5.71. The van der Waals surface area contributed by atoms with Gasteiger partial charge in [0.05, 0.1) is 5.60 Å². The summed E-state index contributed by atoms with van der Waals surface area (Å²) in [6.07, 6.45) is 6.44. The standard InChI is InChI=1S/C17H22O2S2/c18-16(14-2-1-3-15-13(14)5-8-21-15)12-4-7-19-17(10-12)6-9-20-11-17/h5,8,12,14H,1-4,6-7,9-11H2. The van der Waals surface area contributed by atoms with E-state index in [0.717, 1.165) is 38.0 Å². The van der Waals surface area contributed by atoms with Crippen LogP contribution in [0.15, 0.2) is 11.4 Å². The number of Topliss-reactive ketones (excluding diaryl/α,β-unsaturated/α-hetero) is 1. The van der Waals surface area contributed by atoms with Gasteiger partial charge in [-0.1, -0.05) is 0 Å². The fourth-order valence-electron chi connectivity index (χ4n) is 4.20. The Kier molecular flexibility index (Phi) is 3.88. The number of hydrogen-bond acceptors (Lipinski definition) is 4. The topological polar surface area (TPSA) is 26.3 Å². The second-order valence-corrected chi connectivity index (χ2v) is 8.78. The van der Waals surface area contributed by atoms with Crippen molar-refractivity contribution in [2.24, 2.45) is 5.92 Å². The molecule has 2 nitrogen and oxygen atoms in total. The van der Waals surface area contributed by atoms with E-state index in [1.54, 1.807) is 0 Å². The number of aryl methyl sites for hydroxylation is 1. The predicted molar refractivity (Wildman–Crippen MR) is 88.4 cm³/mol. The minimum atomic E-state index is 0.0232. The molecule has 0 N–H and O–H groups in total. The van der Waals surface area contributed by atoms with Gasteiger partial charge in [-0.15, -0.1) is 11.3 Å². The summed E-state index contributed by atoms with van der Waals surface area (Å²) in [4.78, 5) is 14.6. The number of ether oxygens (including phenoxy) is 1. The molecule has 0 bridgehead atoms. The number of hydrogen-bond donors (Lipinski definition) is 0. The molecule has 3 heterocycles. The number of rotatable bonds is 2. The number of thiophene rings is 1. The molecule has 114 valence electrons. The van der Waals surface area contributed by atoms with Gasteiger partial charge in [-0.2, -0.15) is 11.8 Å². The Morgan fingerprint density at radius 3 is 3.19 bits per heavy atom. The quantitative estimate of drug-likeness (QED) is 0.822. The summed E-state index contributed by atoms with van der Waals surface area (Å²) in [5.74, 6) is 3.20. The highest BCUT2D eigenvalue weighted by Crippen LogP contribution is 2.44. The molecule has 3 aliphatic rings. The van der Waals surface area contributed by atoms with E-state index in [2.05, 4.69) is 11.4 Å². The molecular formula is C17H22O2S2. The highest BCUT2D eigenvalue weighted by molar-refractivity contribution is 7.99. The van der Waals surface area contributed by atoms with Crippen molar-refractivity contribution in [3.63, 3.8) is 0 Å². The van der Waals surface area contributed by atoms with Gasteiger partial charge in [0.2, 0.25) is 0 Å². The van der Waals surface area contributed by atoms with Crippen LogP contribution in [-0.2, 0) is 16.0 Å². The molecule has 2 saturated heterocycles. The maximum absolute atomic E-state index is 13.1. The van der Waals surface area contributed by atoms with Gasteiger partial charge in [-0.25, -0.2) is 0 Å². The fourth-order valence-corrected chi connectivity index (χ4v) is 6.57. The number of thioether (sulfide) groups is 1. The molecule has 4 heteroatoms. The van der Waals surface area contributed by atoms with Crippen LogP contribution in [0.25, 0.3) is 0 Å². The van der Waals surface area contributed by atoms with Gasteiger partial charge in [0.15, 0.2) is 0 Å². The molecule has 1 aromatic rings. The SMILES string of the molecule is O=C(C1CCOC2(CCSC2)C1)C1CCCc2sccc21. The van der Waals surface area contributed by atoms with Crippen molar-refractivity contribution in [2.75, 3.05) is 18.1 Å². The predicted octanol–water partition coefficient (Wildman–Crippen LogP) is 4.04. The van der Waals surface area contributed by atoms with Crippen molar-refractivity contribution in [1.29, 1.82) is 0 Å². The van der Waals surface area contributed by atoms with Crippen molar-refractivity contribution in [3.05, 3.63) is 21.9 Å². The maximum atomic E-state index is 13.1. The van der Waals surface area contributed by atoms with Gasteiger partial charge in [0, 0.05) is 29.1 Å². The summed E-state index contributed by atoms with van der Waals surface area (Å²) in [6, 6.07) is 2.20. The molecule has 2 fully saturated rings. The summed E-state index contributed by atoms with van der Waals surface area (Å²) >= 11 is 3.82. The summed E-state index contributed by atoms with van der Waals surface area (Å²) < 4.78 is 6.08. The summed E-state index contributed by atoms with van der Waals surface area (Å²) in [5.41, 5.74) is 1.37. The molecule has 0 aromatic carbocycles. The Balaban J connectivity index is 1.53. The first-order valence-electron chi connectivity index (χ1n) is 8.09. The maximum Gasteiger partial charge on any atom is 0.143 e. The normalized spacial score (nSPS) is 35.8. The molecule has 0 amide bonds. The van der Waals surface area contributed by atoms with Crippen LogP contribution in [0.2, 0.25) is 0 Å². The molecular weight excluding hydrogens is 300 g/mol. The fraction of sp³-hybridized carbons (Fsp3) is 0.706. The molecule has 1 spiro atoms. The van der Waals surface area contributed by atoms with Crippen LogP contribution in [0.1, 0.15) is 48.5 Å². The highest BCUT2D eigenvalue weighted by atomic mass is 32.2. The highest BCUT2D eigenvalue weighted by Gasteiger charge is 2.44. The Morgan fingerprint density at radius 2 is 2.33 bits per heavy atom. The Bertz CT molecular complexity index is 531. The van der Waals surface area contributed by atoms with E-state index in [1.165, 1.54) is 29.0 Å². The zero-order valence-electron chi connectivity index (χ0n) is 12.3. The van der Waals surface area contributed by atoms with Gasteiger partial charge in [0.25, 0.3) is 0 Å². The summed E-state index contributed by atoms with van der Waals surface area (Å²) in [7, 11) is 0. The van der Waals surface area contributed by atoms with Crippen molar-refractivity contribution < 1.29 is 9.53 Å². The van der Waals surface area contributed by atoms with Crippen LogP contribution in [-0.4, -0.2) is 29.5 Å². The largest absolute Gasteiger partial charge is 0.374 e. The van der Waals surface area contributed by atoms with Crippen molar-refractivity contribution in [1.82, 2.24) is 0 Å². The van der Waals surface area contributed by atoms with Gasteiger partial charge >= 0.3 is 0 Å². The molecule has 21 heavy (non-hydrogen) atoms. The lowest BCUT2D eigenvalue weighted by Gasteiger charge is -2.38. The zero-order chi connectivity index (χ0) is 14.3. The minimum absolute atomic E-state index is 0.0232. The Morgan fingerprint density at radius 1 is 1.38 bits per heavy atom. The zero-order valence-corrected chi connectivity index (χ0v) is 13.9. The molecule has 4 rings (SSSR count). The average Bonchev–Trinajstić information content (AvgIpc) is 3.15. The third-order valence-electron chi connectivity index (χ3n) is 5.36. The summed E-state index contributed by atoms with van der Waals surface area (Å²) in [6.45, 7) is 0.778. The van der Waals surface area contributed by atoms with Gasteiger partial charge in [-0.05, 0) is 61.3 Å². The van der Waals surface area contributed by atoms with E-state index in [4.69, 9.17) is 4.74 Å². The van der Waals surface area contributed by atoms with Crippen LogP contribution in [0, 0.1) is 5.92 Å². The average molecular weight is 322 g/mol. The van der Waals surface area contributed by atoms with E-state index in [-0.39, 0.29) is 17.4 Å². The Labute approximate surface area is 134 Å². The second-order valence-electron chi connectivity index (χ2n) is 6.67. The van der Waals surface area contributed by atoms with Gasteiger partial charge < -0.3 is 4.74 Å². The van der Waals surface area contributed by atoms with E-state index in [1.807, 2.05) is 23.1 Å². The smallest absolute Gasteiger partial charge is 0.143 e. The van der Waals surface area contributed by atoms with Crippen molar-refractivity contribution in [2.45, 2.75) is 50.0 Å². The molecule has 2 aliphatic heterocycles. The Hall–Kier alpha value is -0.320. The van der Waals surface area contributed by atoms with Crippen molar-refractivity contribution in [3.8, 4) is 0 Å². The number of ketones is 1. The summed E-state index contributed by atoms with van der Waals surface area (Å²) in [5, 5.41) is 2.16. The first kappa shape index (κ1) is 14.3. The molecule has 3 atom stereocenters. The van der Waals surface area contributed by atoms with Crippen molar-refractivity contribution >= 4 is 28.9 Å². The van der Waals surface area contributed by atoms with E-state index >= 15 is 0 Å². The molecule has 0 radical (unpaired) electrons.